The van der Waals surface area contributed by atoms with Crippen LogP contribution in [0, 0.1) is 23.1 Å². The molecule has 1 saturated carbocycles. The second-order valence-electron chi connectivity index (χ2n) is 8.07. The van der Waals surface area contributed by atoms with Crippen LogP contribution in [0.5, 0.6) is 11.5 Å². The maximum Gasteiger partial charge on any atom is 0.448 e. The molecule has 3 rings (SSSR count). The summed E-state index contributed by atoms with van der Waals surface area (Å²) in [6, 6.07) is 12.7. The van der Waals surface area contributed by atoms with Gasteiger partial charge in [-0.15, -0.1) is 0 Å². The molecule has 2 atom stereocenters. The lowest BCUT2D eigenvalue weighted by Crippen LogP contribution is -2.15. The fourth-order valence-electron chi connectivity index (χ4n) is 3.56. The highest BCUT2D eigenvalue weighted by atomic mass is 19.4. The lowest BCUT2D eigenvalue weighted by atomic mass is 10.1. The molecule has 2 unspecified atom stereocenters. The van der Waals surface area contributed by atoms with Crippen LogP contribution in [0.4, 0.5) is 17.6 Å². The summed E-state index contributed by atoms with van der Waals surface area (Å²) < 4.78 is 69.0. The Balaban J connectivity index is 1.66. The summed E-state index contributed by atoms with van der Waals surface area (Å²) in [5, 5.41) is 0. The molecule has 0 radical (unpaired) electrons. The first kappa shape index (κ1) is 23.6. The summed E-state index contributed by atoms with van der Waals surface area (Å²) in [4.78, 5) is 12.6. The molecule has 172 valence electrons. The molecule has 32 heavy (non-hydrogen) atoms. The topological polar surface area (TPSA) is 44.8 Å². The van der Waals surface area contributed by atoms with Crippen LogP contribution in [-0.2, 0) is 20.9 Å². The van der Waals surface area contributed by atoms with Crippen molar-refractivity contribution in [2.75, 3.05) is 6.61 Å². The Morgan fingerprint density at radius 3 is 2.41 bits per heavy atom. The summed E-state index contributed by atoms with van der Waals surface area (Å²) in [5.41, 5.74) is -0.212. The highest BCUT2D eigenvalue weighted by Gasteiger charge is 2.62. The van der Waals surface area contributed by atoms with Gasteiger partial charge in [0.1, 0.15) is 12.4 Å². The summed E-state index contributed by atoms with van der Waals surface area (Å²) in [5.74, 6) is -3.27. The lowest BCUT2D eigenvalue weighted by molar-refractivity contribution is -0.147. The van der Waals surface area contributed by atoms with Gasteiger partial charge in [0.2, 0.25) is 0 Å². The van der Waals surface area contributed by atoms with Gasteiger partial charge in [-0.2, -0.15) is 13.2 Å². The monoisotopic (exact) mass is 452 g/mol. The number of alkyl halides is 3. The van der Waals surface area contributed by atoms with E-state index in [1.165, 1.54) is 25.1 Å². The van der Waals surface area contributed by atoms with Crippen molar-refractivity contribution in [2.24, 2.45) is 17.3 Å². The largest absolute Gasteiger partial charge is 0.489 e. The minimum absolute atomic E-state index is 0.0242. The molecule has 8 heteroatoms. The number of para-hydroxylation sites is 1. The zero-order valence-corrected chi connectivity index (χ0v) is 17.9. The zero-order valence-electron chi connectivity index (χ0n) is 17.9. The van der Waals surface area contributed by atoms with Gasteiger partial charge in [0.15, 0.2) is 17.3 Å². The summed E-state index contributed by atoms with van der Waals surface area (Å²) >= 11 is 0. The number of hydrogen-bond donors (Lipinski definition) is 0. The third-order valence-electron chi connectivity index (χ3n) is 5.42. The molecule has 0 N–H and O–H groups in total. The normalized spacial score (nSPS) is 19.9. The van der Waals surface area contributed by atoms with E-state index in [1.54, 1.807) is 44.2 Å². The molecule has 1 aliphatic carbocycles. The molecule has 2 aromatic rings. The van der Waals surface area contributed by atoms with Crippen molar-refractivity contribution in [1.29, 1.82) is 0 Å². The number of allylic oxidation sites excluding steroid dienone is 2. The number of rotatable bonds is 8. The molecule has 0 bridgehead atoms. The minimum atomic E-state index is -4.63. The first-order valence-electron chi connectivity index (χ1n) is 10.1. The van der Waals surface area contributed by atoms with E-state index in [-0.39, 0.29) is 19.0 Å². The van der Waals surface area contributed by atoms with Crippen LogP contribution in [0.25, 0.3) is 0 Å². The van der Waals surface area contributed by atoms with E-state index < -0.39 is 41.0 Å². The average molecular weight is 452 g/mol. The van der Waals surface area contributed by atoms with Gasteiger partial charge in [0.05, 0.1) is 12.5 Å². The molecule has 0 aliphatic heterocycles. The molecule has 1 fully saturated rings. The Bertz CT molecular complexity index is 983. The molecule has 4 nitrogen and oxygen atoms in total. The number of benzene rings is 2. The zero-order chi connectivity index (χ0) is 23.5. The van der Waals surface area contributed by atoms with Crippen LogP contribution in [0.15, 0.2) is 60.4 Å². The maximum absolute atomic E-state index is 14.1. The average Bonchev–Trinajstić information content (AvgIpc) is 3.28. The van der Waals surface area contributed by atoms with Crippen molar-refractivity contribution in [3.05, 3.63) is 71.7 Å². The van der Waals surface area contributed by atoms with Crippen LogP contribution in [0.3, 0.4) is 0 Å². The van der Waals surface area contributed by atoms with Crippen LogP contribution in [0.2, 0.25) is 0 Å². The van der Waals surface area contributed by atoms with Crippen molar-refractivity contribution in [2.45, 2.75) is 33.6 Å². The highest BCUT2D eigenvalue weighted by molar-refractivity contribution is 5.78. The van der Waals surface area contributed by atoms with Crippen LogP contribution in [0.1, 0.15) is 26.3 Å². The fourth-order valence-corrected chi connectivity index (χ4v) is 3.56. The van der Waals surface area contributed by atoms with Crippen LogP contribution in [-0.4, -0.2) is 18.8 Å². The second-order valence-corrected chi connectivity index (χ2v) is 8.07. The van der Waals surface area contributed by atoms with E-state index in [0.29, 0.717) is 11.3 Å². The molecule has 2 aromatic carbocycles. The molecule has 1 aliphatic rings. The van der Waals surface area contributed by atoms with Crippen molar-refractivity contribution < 1.29 is 36.6 Å². The summed E-state index contributed by atoms with van der Waals surface area (Å²) in [7, 11) is 0. The van der Waals surface area contributed by atoms with Gasteiger partial charge >= 0.3 is 12.1 Å². The predicted molar refractivity (Wildman–Crippen MR) is 109 cm³/mol. The molecule has 0 aromatic heterocycles. The third-order valence-corrected chi connectivity index (χ3v) is 5.42. The van der Waals surface area contributed by atoms with Gasteiger partial charge in [-0.3, -0.25) is 4.79 Å². The number of carbonyl (C=O) groups is 1. The van der Waals surface area contributed by atoms with E-state index in [0.717, 1.165) is 6.08 Å². The Hall–Kier alpha value is -3.03. The Labute approximate surface area is 183 Å². The second kappa shape index (κ2) is 9.22. The Morgan fingerprint density at radius 2 is 1.78 bits per heavy atom. The maximum atomic E-state index is 14.1. The van der Waals surface area contributed by atoms with Crippen molar-refractivity contribution in [1.82, 2.24) is 0 Å². The first-order chi connectivity index (χ1) is 15.0. The van der Waals surface area contributed by atoms with Crippen molar-refractivity contribution in [3.8, 4) is 11.5 Å². The number of carbonyl (C=O) groups excluding carboxylic acids is 1. The SMILES string of the molecule is CCOC(=CC1C(C(=O)OCc2ccc(F)c(Oc3ccccc3)c2)C1(C)C)C(F)(F)F. The van der Waals surface area contributed by atoms with Gasteiger partial charge in [0.25, 0.3) is 0 Å². The van der Waals surface area contributed by atoms with Gasteiger partial charge < -0.3 is 14.2 Å². The van der Waals surface area contributed by atoms with E-state index in [1.807, 2.05) is 0 Å². The van der Waals surface area contributed by atoms with E-state index >= 15 is 0 Å². The van der Waals surface area contributed by atoms with Gasteiger partial charge in [-0.1, -0.05) is 38.1 Å². The fraction of sp³-hybridized carbons (Fsp3) is 0.375. The van der Waals surface area contributed by atoms with Crippen molar-refractivity contribution >= 4 is 5.97 Å². The minimum Gasteiger partial charge on any atom is -0.489 e. The number of hydrogen-bond acceptors (Lipinski definition) is 4. The lowest BCUT2D eigenvalue weighted by Gasteiger charge is -2.12. The predicted octanol–water partition coefficient (Wildman–Crippen LogP) is 6.42. The molecule has 0 saturated heterocycles. The van der Waals surface area contributed by atoms with E-state index in [4.69, 9.17) is 14.2 Å². The number of halogens is 4. The van der Waals surface area contributed by atoms with Crippen molar-refractivity contribution in [3.63, 3.8) is 0 Å². The standard InChI is InChI=1S/C24H24F4O4/c1-4-30-20(24(26,27)28)13-17-21(23(17,2)3)22(29)31-14-15-10-11-18(25)19(12-15)32-16-8-6-5-7-9-16/h5-13,17,21H,4,14H2,1-3H3. The smallest absolute Gasteiger partial charge is 0.448 e. The Kier molecular flexibility index (Phi) is 6.81. The van der Waals surface area contributed by atoms with E-state index in [9.17, 15) is 22.4 Å². The quantitative estimate of drug-likeness (QED) is 0.264. The number of esters is 1. The molecule has 0 heterocycles. The van der Waals surface area contributed by atoms with Gasteiger partial charge in [-0.25, -0.2) is 4.39 Å². The number of ether oxygens (including phenoxy) is 3. The Morgan fingerprint density at radius 1 is 1.09 bits per heavy atom. The summed E-state index contributed by atoms with van der Waals surface area (Å²) in [6.45, 7) is 4.56. The highest BCUT2D eigenvalue weighted by Crippen LogP contribution is 2.60. The van der Waals surface area contributed by atoms with Gasteiger partial charge in [-0.05, 0) is 48.2 Å². The summed E-state index contributed by atoms with van der Waals surface area (Å²) in [6.07, 6.45) is -3.68. The molecule has 0 spiro atoms. The van der Waals surface area contributed by atoms with Gasteiger partial charge in [0, 0.05) is 5.92 Å². The van der Waals surface area contributed by atoms with Crippen LogP contribution < -0.4 is 4.74 Å². The third kappa shape index (κ3) is 5.41. The van der Waals surface area contributed by atoms with Crippen LogP contribution >= 0.6 is 0 Å². The first-order valence-corrected chi connectivity index (χ1v) is 10.1. The molecule has 0 amide bonds. The van der Waals surface area contributed by atoms with E-state index in [2.05, 4.69) is 0 Å². The molecular weight excluding hydrogens is 428 g/mol. The molecular formula is C24H24F4O4.